The van der Waals surface area contributed by atoms with E-state index in [4.69, 9.17) is 5.11 Å². The average Bonchev–Trinajstić information content (AvgIpc) is 2.92. The molecule has 5 heteroatoms. The summed E-state index contributed by atoms with van der Waals surface area (Å²) < 4.78 is 0. The van der Waals surface area contributed by atoms with Gasteiger partial charge in [0.1, 0.15) is 5.78 Å². The van der Waals surface area contributed by atoms with Gasteiger partial charge in [0.15, 0.2) is 6.10 Å². The Hall–Kier alpha value is -1.20. The Labute approximate surface area is 170 Å². The number of hydrogen-bond donors (Lipinski definition) is 3. The average molecular weight is 397 g/mol. The van der Waals surface area contributed by atoms with E-state index in [0.717, 1.165) is 44.9 Å². The normalized spacial score (nSPS) is 23.9. The van der Waals surface area contributed by atoms with E-state index in [1.54, 1.807) is 0 Å². The molecular formula is C23H40O5. The van der Waals surface area contributed by atoms with Gasteiger partial charge >= 0.3 is 5.97 Å². The molecule has 1 rings (SSSR count). The Kier molecular flexibility index (Phi) is 9.85. The van der Waals surface area contributed by atoms with Crippen molar-refractivity contribution in [3.8, 4) is 0 Å². The van der Waals surface area contributed by atoms with Crippen LogP contribution < -0.4 is 0 Å². The minimum Gasteiger partial charge on any atom is -0.479 e. The molecular weight excluding hydrogens is 356 g/mol. The maximum atomic E-state index is 12.3. The molecule has 0 saturated heterocycles. The van der Waals surface area contributed by atoms with Crippen LogP contribution in [0.5, 0.6) is 0 Å². The summed E-state index contributed by atoms with van der Waals surface area (Å²) >= 11 is 0. The predicted molar refractivity (Wildman–Crippen MR) is 111 cm³/mol. The third-order valence-corrected chi connectivity index (χ3v) is 6.06. The summed E-state index contributed by atoms with van der Waals surface area (Å²) in [6.45, 7) is 7.92. The first kappa shape index (κ1) is 24.8. The molecule has 0 amide bonds. The molecule has 5 nitrogen and oxygen atoms in total. The Morgan fingerprint density at radius 3 is 2.54 bits per heavy atom. The summed E-state index contributed by atoms with van der Waals surface area (Å²) in [5, 5.41) is 28.9. The van der Waals surface area contributed by atoms with Gasteiger partial charge in [-0.1, -0.05) is 52.2 Å². The monoisotopic (exact) mass is 396 g/mol. The lowest BCUT2D eigenvalue weighted by atomic mass is 9.79. The topological polar surface area (TPSA) is 94.8 Å². The molecule has 0 spiro atoms. The van der Waals surface area contributed by atoms with Crippen molar-refractivity contribution >= 4 is 11.8 Å². The second-order valence-corrected chi connectivity index (χ2v) is 9.62. The molecule has 1 fully saturated rings. The quantitative estimate of drug-likeness (QED) is 0.398. The molecule has 0 heterocycles. The van der Waals surface area contributed by atoms with Crippen molar-refractivity contribution in [2.45, 2.75) is 104 Å². The number of hydrogen-bond acceptors (Lipinski definition) is 4. The number of unbranched alkanes of at least 4 members (excludes halogenated alkanes) is 1. The maximum Gasteiger partial charge on any atom is 0.332 e. The van der Waals surface area contributed by atoms with Gasteiger partial charge < -0.3 is 15.3 Å². The summed E-state index contributed by atoms with van der Waals surface area (Å²) in [6, 6.07) is 0. The highest BCUT2D eigenvalue weighted by molar-refractivity contribution is 5.83. The maximum absolute atomic E-state index is 12.3. The van der Waals surface area contributed by atoms with E-state index in [1.165, 1.54) is 0 Å². The number of carbonyl (C=O) groups excluding carboxylic acids is 1. The Morgan fingerprint density at radius 2 is 1.93 bits per heavy atom. The summed E-state index contributed by atoms with van der Waals surface area (Å²) in [5.74, 6) is -0.603. The van der Waals surface area contributed by atoms with Gasteiger partial charge in [-0.15, -0.1) is 0 Å². The Morgan fingerprint density at radius 1 is 1.25 bits per heavy atom. The standard InChI is InChI=1S/C23H40O5/c1-5-6-14-23(4,28)15-7-9-17-11-12-19(24)18(17)10-8-13-22(2,3)16-20(25)21(26)27/h7,9,17-18,20,25,28H,5-6,8,10-16H2,1-4H3,(H,26,27)/t17-,18+,20?,23?/m0/s1. The molecule has 0 bridgehead atoms. The molecule has 0 aromatic rings. The van der Waals surface area contributed by atoms with E-state index in [0.29, 0.717) is 18.6 Å². The third-order valence-electron chi connectivity index (χ3n) is 6.06. The highest BCUT2D eigenvalue weighted by atomic mass is 16.4. The molecule has 2 unspecified atom stereocenters. The van der Waals surface area contributed by atoms with Crippen LogP contribution >= 0.6 is 0 Å². The van der Waals surface area contributed by atoms with Gasteiger partial charge in [-0.3, -0.25) is 4.79 Å². The molecule has 3 N–H and O–H groups in total. The number of ketones is 1. The van der Waals surface area contributed by atoms with Gasteiger partial charge in [0.25, 0.3) is 0 Å². The number of rotatable bonds is 13. The number of Topliss-reactive ketones (excluding diaryl/α,β-unsaturated/α-hetero) is 1. The molecule has 1 aliphatic rings. The van der Waals surface area contributed by atoms with Gasteiger partial charge in [-0.05, 0) is 56.8 Å². The first-order valence-electron chi connectivity index (χ1n) is 10.8. The fraction of sp³-hybridized carbons (Fsp3) is 0.826. The molecule has 4 atom stereocenters. The minimum absolute atomic E-state index is 0.0250. The first-order chi connectivity index (χ1) is 13.0. The number of aliphatic hydroxyl groups is 2. The van der Waals surface area contributed by atoms with E-state index in [-0.39, 0.29) is 23.7 Å². The number of carbonyl (C=O) groups is 2. The Bertz CT molecular complexity index is 535. The number of aliphatic carboxylic acids is 1. The molecule has 28 heavy (non-hydrogen) atoms. The SMILES string of the molecule is CCCCC(C)(O)CC=C[C@H]1CCC(=O)[C@@H]1CCCC(C)(C)CC(O)C(=O)O. The smallest absolute Gasteiger partial charge is 0.332 e. The van der Waals surface area contributed by atoms with Crippen LogP contribution in [0, 0.1) is 17.3 Å². The van der Waals surface area contributed by atoms with Crippen LogP contribution in [0.3, 0.4) is 0 Å². The summed E-state index contributed by atoms with van der Waals surface area (Å²) in [5.41, 5.74) is -0.956. The van der Waals surface area contributed by atoms with E-state index in [2.05, 4.69) is 13.0 Å². The minimum atomic E-state index is -1.33. The highest BCUT2D eigenvalue weighted by Gasteiger charge is 2.33. The highest BCUT2D eigenvalue weighted by Crippen LogP contribution is 2.36. The van der Waals surface area contributed by atoms with E-state index < -0.39 is 17.7 Å². The zero-order valence-corrected chi connectivity index (χ0v) is 18.1. The number of allylic oxidation sites excluding steroid dienone is 1. The van der Waals surface area contributed by atoms with Crippen molar-refractivity contribution in [1.29, 1.82) is 0 Å². The van der Waals surface area contributed by atoms with E-state index in [9.17, 15) is 19.8 Å². The van der Waals surface area contributed by atoms with E-state index in [1.807, 2.05) is 26.8 Å². The van der Waals surface area contributed by atoms with Gasteiger partial charge in [0.2, 0.25) is 0 Å². The lowest BCUT2D eigenvalue weighted by molar-refractivity contribution is -0.148. The second kappa shape index (κ2) is 11.1. The second-order valence-electron chi connectivity index (χ2n) is 9.62. The molecule has 0 aromatic heterocycles. The third kappa shape index (κ3) is 8.87. The zero-order valence-electron chi connectivity index (χ0n) is 18.1. The van der Waals surface area contributed by atoms with Crippen molar-refractivity contribution in [2.24, 2.45) is 17.3 Å². The van der Waals surface area contributed by atoms with Crippen molar-refractivity contribution in [2.75, 3.05) is 0 Å². The van der Waals surface area contributed by atoms with Gasteiger partial charge in [-0.2, -0.15) is 0 Å². The lowest BCUT2D eigenvalue weighted by Gasteiger charge is -2.27. The molecule has 1 aliphatic carbocycles. The number of carboxylic acid groups (broad SMARTS) is 1. The Balaban J connectivity index is 2.51. The summed E-state index contributed by atoms with van der Waals surface area (Å²) in [7, 11) is 0. The van der Waals surface area contributed by atoms with Crippen LogP contribution in [0.1, 0.15) is 91.9 Å². The van der Waals surface area contributed by atoms with Crippen LogP contribution in [0.15, 0.2) is 12.2 Å². The predicted octanol–water partition coefficient (Wildman–Crippen LogP) is 4.50. The molecule has 1 saturated carbocycles. The number of aliphatic hydroxyl groups excluding tert-OH is 1. The van der Waals surface area contributed by atoms with Crippen LogP contribution in [0.4, 0.5) is 0 Å². The van der Waals surface area contributed by atoms with Crippen molar-refractivity contribution in [3.05, 3.63) is 12.2 Å². The van der Waals surface area contributed by atoms with Gasteiger partial charge in [-0.25, -0.2) is 4.79 Å². The van der Waals surface area contributed by atoms with Crippen LogP contribution in [-0.4, -0.2) is 38.8 Å². The molecule has 0 aromatic carbocycles. The number of carboxylic acids is 1. The molecule has 0 aliphatic heterocycles. The fourth-order valence-electron chi connectivity index (χ4n) is 4.21. The van der Waals surface area contributed by atoms with Crippen LogP contribution in [-0.2, 0) is 9.59 Å². The van der Waals surface area contributed by atoms with Crippen molar-refractivity contribution < 1.29 is 24.9 Å². The summed E-state index contributed by atoms with van der Waals surface area (Å²) in [6.07, 6.45) is 10.4. The zero-order chi connectivity index (χ0) is 21.4. The van der Waals surface area contributed by atoms with Crippen molar-refractivity contribution in [3.63, 3.8) is 0 Å². The van der Waals surface area contributed by atoms with Gasteiger partial charge in [0, 0.05) is 12.3 Å². The summed E-state index contributed by atoms with van der Waals surface area (Å²) in [4.78, 5) is 23.2. The van der Waals surface area contributed by atoms with Gasteiger partial charge in [0.05, 0.1) is 5.60 Å². The fourth-order valence-corrected chi connectivity index (χ4v) is 4.21. The van der Waals surface area contributed by atoms with Crippen molar-refractivity contribution in [1.82, 2.24) is 0 Å². The molecule has 0 radical (unpaired) electrons. The first-order valence-corrected chi connectivity index (χ1v) is 10.8. The largest absolute Gasteiger partial charge is 0.479 e. The molecule has 162 valence electrons. The van der Waals surface area contributed by atoms with E-state index >= 15 is 0 Å². The van der Waals surface area contributed by atoms with Crippen LogP contribution in [0.2, 0.25) is 0 Å². The lowest BCUT2D eigenvalue weighted by Crippen LogP contribution is -2.27. The van der Waals surface area contributed by atoms with Crippen LogP contribution in [0.25, 0.3) is 0 Å².